The van der Waals surface area contributed by atoms with Crippen LogP contribution in [0.1, 0.15) is 40.2 Å². The normalized spacial score (nSPS) is 14.0. The van der Waals surface area contributed by atoms with Gasteiger partial charge in [0.25, 0.3) is 0 Å². The van der Waals surface area contributed by atoms with Gasteiger partial charge >= 0.3 is 5.97 Å². The number of amides is 3. The summed E-state index contributed by atoms with van der Waals surface area (Å²) >= 11 is 0. The van der Waals surface area contributed by atoms with Crippen molar-refractivity contribution >= 4 is 23.7 Å². The van der Waals surface area contributed by atoms with Crippen molar-refractivity contribution in [2.24, 2.45) is 11.8 Å². The zero-order valence-electron chi connectivity index (χ0n) is 17.6. The van der Waals surface area contributed by atoms with Crippen LogP contribution >= 0.6 is 0 Å². The van der Waals surface area contributed by atoms with Crippen LogP contribution in [0.25, 0.3) is 0 Å². The molecule has 0 saturated heterocycles. The minimum Gasteiger partial charge on any atom is -0.480 e. The number of nitrogens with one attached hydrogen (secondary N) is 3. The van der Waals surface area contributed by atoms with E-state index in [4.69, 9.17) is 0 Å². The molecule has 0 aromatic heterocycles. The van der Waals surface area contributed by atoms with Crippen LogP contribution in [0.4, 0.5) is 0 Å². The lowest BCUT2D eigenvalue weighted by Crippen LogP contribution is -2.58. The maximum Gasteiger partial charge on any atom is 0.326 e. The lowest BCUT2D eigenvalue weighted by atomic mass is 9.99. The van der Waals surface area contributed by atoms with Crippen molar-refractivity contribution in [2.45, 2.75) is 59.2 Å². The molecule has 0 bridgehead atoms. The Kier molecular flexibility index (Phi) is 9.31. The van der Waals surface area contributed by atoms with Crippen molar-refractivity contribution in [3.05, 3.63) is 35.9 Å². The fourth-order valence-corrected chi connectivity index (χ4v) is 2.84. The average Bonchev–Trinajstić information content (AvgIpc) is 2.63. The van der Waals surface area contributed by atoms with Crippen LogP contribution in [-0.4, -0.2) is 46.9 Å². The molecule has 0 radical (unpaired) electrons. The lowest BCUT2D eigenvalue weighted by molar-refractivity contribution is -0.142. The molecular formula is C21H31N3O5. The number of carbonyl (C=O) groups excluding carboxylic acids is 3. The molecule has 160 valence electrons. The fraction of sp³-hybridized carbons (Fsp3) is 0.524. The smallest absolute Gasteiger partial charge is 0.326 e. The molecule has 8 heteroatoms. The Morgan fingerprint density at radius 1 is 0.828 bits per heavy atom. The molecule has 3 amide bonds. The zero-order valence-corrected chi connectivity index (χ0v) is 17.6. The number of carboxylic acid groups (broad SMARTS) is 1. The number of carboxylic acids is 1. The summed E-state index contributed by atoms with van der Waals surface area (Å²) in [5.41, 5.74) is 0.774. The summed E-state index contributed by atoms with van der Waals surface area (Å²) in [6.07, 6.45) is 0.126. The molecule has 0 aliphatic carbocycles. The topological polar surface area (TPSA) is 125 Å². The largest absolute Gasteiger partial charge is 0.480 e. The molecule has 1 aromatic rings. The molecule has 1 aromatic carbocycles. The highest BCUT2D eigenvalue weighted by molar-refractivity contribution is 5.93. The fourth-order valence-electron chi connectivity index (χ4n) is 2.84. The van der Waals surface area contributed by atoms with Crippen molar-refractivity contribution < 1.29 is 24.3 Å². The minimum absolute atomic E-state index is 0.126. The van der Waals surface area contributed by atoms with E-state index >= 15 is 0 Å². The van der Waals surface area contributed by atoms with Crippen LogP contribution in [0, 0.1) is 11.8 Å². The van der Waals surface area contributed by atoms with Gasteiger partial charge in [-0.2, -0.15) is 0 Å². The van der Waals surface area contributed by atoms with E-state index in [0.717, 1.165) is 5.56 Å². The molecule has 0 heterocycles. The molecule has 29 heavy (non-hydrogen) atoms. The Hall–Kier alpha value is -2.90. The first-order valence-corrected chi connectivity index (χ1v) is 9.67. The van der Waals surface area contributed by atoms with E-state index in [9.17, 15) is 24.3 Å². The highest BCUT2D eigenvalue weighted by atomic mass is 16.4. The number of benzene rings is 1. The minimum atomic E-state index is -1.16. The van der Waals surface area contributed by atoms with E-state index in [1.165, 1.54) is 6.92 Å². The van der Waals surface area contributed by atoms with E-state index < -0.39 is 35.9 Å². The van der Waals surface area contributed by atoms with Gasteiger partial charge in [-0.25, -0.2) is 4.79 Å². The number of hydrogen-bond acceptors (Lipinski definition) is 4. The van der Waals surface area contributed by atoms with Gasteiger partial charge in [0, 0.05) is 13.3 Å². The van der Waals surface area contributed by atoms with E-state index in [1.807, 2.05) is 6.07 Å². The highest BCUT2D eigenvalue weighted by Gasteiger charge is 2.32. The Labute approximate surface area is 171 Å². The maximum absolute atomic E-state index is 12.8. The number of hydrogen-bond donors (Lipinski definition) is 4. The third-order valence-corrected chi connectivity index (χ3v) is 4.45. The van der Waals surface area contributed by atoms with Crippen LogP contribution in [-0.2, 0) is 25.6 Å². The molecule has 1 rings (SSSR count). The van der Waals surface area contributed by atoms with Gasteiger partial charge in [0.2, 0.25) is 17.7 Å². The lowest BCUT2D eigenvalue weighted by Gasteiger charge is -2.27. The average molecular weight is 405 g/mol. The Balaban J connectivity index is 2.90. The van der Waals surface area contributed by atoms with E-state index in [1.54, 1.807) is 52.0 Å². The number of carbonyl (C=O) groups is 4. The molecule has 8 nitrogen and oxygen atoms in total. The molecule has 4 N–H and O–H groups in total. The maximum atomic E-state index is 12.8. The van der Waals surface area contributed by atoms with E-state index in [2.05, 4.69) is 16.0 Å². The van der Waals surface area contributed by atoms with Gasteiger partial charge in [-0.05, 0) is 17.4 Å². The number of rotatable bonds is 10. The van der Waals surface area contributed by atoms with E-state index in [0.29, 0.717) is 0 Å². The quantitative estimate of drug-likeness (QED) is 0.464. The monoisotopic (exact) mass is 405 g/mol. The SMILES string of the molecule is CC(=O)NC(C(=O)NC(C(=O)NC(Cc1ccccc1)C(=O)O)C(C)C)C(C)C. The molecule has 0 saturated carbocycles. The summed E-state index contributed by atoms with van der Waals surface area (Å²) in [6, 6.07) is 6.12. The van der Waals surface area contributed by atoms with Crippen molar-refractivity contribution in [2.75, 3.05) is 0 Å². The molecular weight excluding hydrogens is 374 g/mol. The van der Waals surface area contributed by atoms with Gasteiger partial charge in [0.05, 0.1) is 0 Å². The third-order valence-electron chi connectivity index (χ3n) is 4.45. The van der Waals surface area contributed by atoms with Crippen molar-refractivity contribution in [1.29, 1.82) is 0 Å². The summed E-state index contributed by atoms with van der Waals surface area (Å²) in [6.45, 7) is 8.38. The Morgan fingerprint density at radius 3 is 1.76 bits per heavy atom. The second kappa shape index (κ2) is 11.2. The van der Waals surface area contributed by atoms with Crippen LogP contribution in [0.15, 0.2) is 30.3 Å². The van der Waals surface area contributed by atoms with Crippen molar-refractivity contribution in [1.82, 2.24) is 16.0 Å². The van der Waals surface area contributed by atoms with Gasteiger partial charge in [0.1, 0.15) is 18.1 Å². The summed E-state index contributed by atoms with van der Waals surface area (Å²) in [5.74, 6) is -3.04. The Bertz CT molecular complexity index is 718. The van der Waals surface area contributed by atoms with Gasteiger partial charge in [-0.1, -0.05) is 58.0 Å². The Morgan fingerprint density at radius 2 is 1.31 bits per heavy atom. The highest BCUT2D eigenvalue weighted by Crippen LogP contribution is 2.09. The first-order valence-electron chi connectivity index (χ1n) is 9.67. The van der Waals surface area contributed by atoms with E-state index in [-0.39, 0.29) is 24.2 Å². The van der Waals surface area contributed by atoms with Crippen LogP contribution in [0.3, 0.4) is 0 Å². The molecule has 0 spiro atoms. The molecule has 3 atom stereocenters. The van der Waals surface area contributed by atoms with Gasteiger partial charge < -0.3 is 21.1 Å². The summed E-state index contributed by atoms with van der Waals surface area (Å²) in [7, 11) is 0. The van der Waals surface area contributed by atoms with Crippen molar-refractivity contribution in [3.8, 4) is 0 Å². The zero-order chi connectivity index (χ0) is 22.1. The molecule has 3 unspecified atom stereocenters. The molecule has 0 aliphatic rings. The standard InChI is InChI=1S/C21H31N3O5/c1-12(2)17(22-14(5)25)20(27)24-18(13(3)4)19(26)23-16(21(28)29)11-15-9-7-6-8-10-15/h6-10,12-13,16-18H,11H2,1-5H3,(H,22,25)(H,23,26)(H,24,27)(H,28,29). The van der Waals surface area contributed by atoms with Gasteiger partial charge in [-0.3, -0.25) is 14.4 Å². The van der Waals surface area contributed by atoms with Crippen molar-refractivity contribution in [3.63, 3.8) is 0 Å². The predicted molar refractivity (Wildman–Crippen MR) is 109 cm³/mol. The molecule has 0 aliphatic heterocycles. The summed E-state index contributed by atoms with van der Waals surface area (Å²) < 4.78 is 0. The van der Waals surface area contributed by atoms with Crippen LogP contribution in [0.5, 0.6) is 0 Å². The summed E-state index contributed by atoms with van der Waals surface area (Å²) in [4.78, 5) is 48.4. The van der Waals surface area contributed by atoms with Gasteiger partial charge in [0.15, 0.2) is 0 Å². The van der Waals surface area contributed by atoms with Crippen LogP contribution < -0.4 is 16.0 Å². The van der Waals surface area contributed by atoms with Gasteiger partial charge in [-0.15, -0.1) is 0 Å². The second-order valence-electron chi connectivity index (χ2n) is 7.74. The summed E-state index contributed by atoms with van der Waals surface area (Å²) in [5, 5.41) is 17.2. The predicted octanol–water partition coefficient (Wildman–Crippen LogP) is 1.10. The first kappa shape index (κ1) is 24.1. The third kappa shape index (κ3) is 7.93. The molecule has 0 fully saturated rings. The van der Waals surface area contributed by atoms with Crippen LogP contribution in [0.2, 0.25) is 0 Å². The first-order chi connectivity index (χ1) is 13.5. The number of aliphatic carboxylic acids is 1. The second-order valence-corrected chi connectivity index (χ2v) is 7.74.